The van der Waals surface area contributed by atoms with Gasteiger partial charge in [0.05, 0.1) is 10.6 Å². The van der Waals surface area contributed by atoms with Gasteiger partial charge in [0.1, 0.15) is 5.75 Å². The fourth-order valence-corrected chi connectivity index (χ4v) is 2.57. The maximum atomic E-state index is 11.5. The van der Waals surface area contributed by atoms with Crippen LogP contribution in [0.4, 0.5) is 5.69 Å². The number of aryl methyl sites for hydroxylation is 1. The third-order valence-electron chi connectivity index (χ3n) is 3.69. The second kappa shape index (κ2) is 5.35. The van der Waals surface area contributed by atoms with Crippen molar-refractivity contribution in [2.45, 2.75) is 26.8 Å². The number of hydrogen-bond acceptors (Lipinski definition) is 5. The number of phenols is 1. The van der Waals surface area contributed by atoms with Gasteiger partial charge in [-0.15, -0.1) is 0 Å². The molecular weight excluding hydrogens is 296 g/mol. The van der Waals surface area contributed by atoms with Crippen molar-refractivity contribution < 1.29 is 10.0 Å². The molecule has 0 saturated heterocycles. The molecule has 0 aliphatic rings. The van der Waals surface area contributed by atoms with Crippen LogP contribution in [0, 0.1) is 17.0 Å². The van der Waals surface area contributed by atoms with Crippen LogP contribution in [0.2, 0.25) is 0 Å². The number of aromatic hydroxyl groups is 1. The molecule has 0 aliphatic heterocycles. The van der Waals surface area contributed by atoms with Gasteiger partial charge in [0, 0.05) is 23.1 Å². The van der Waals surface area contributed by atoms with Crippen LogP contribution >= 0.6 is 0 Å². The second-order valence-electron chi connectivity index (χ2n) is 5.63. The Kier molecular flexibility index (Phi) is 3.48. The van der Waals surface area contributed by atoms with Gasteiger partial charge in [-0.25, -0.2) is 9.67 Å². The summed E-state index contributed by atoms with van der Waals surface area (Å²) in [6.45, 7) is 5.73. The molecule has 0 radical (unpaired) electrons. The lowest BCUT2D eigenvalue weighted by atomic mass is 10.1. The molecule has 2 aromatic heterocycles. The van der Waals surface area contributed by atoms with E-state index in [1.54, 1.807) is 29.8 Å². The van der Waals surface area contributed by atoms with E-state index in [2.05, 4.69) is 10.1 Å². The molecule has 1 aromatic carbocycles. The Hall–Kier alpha value is -2.96. The van der Waals surface area contributed by atoms with Gasteiger partial charge in [-0.2, -0.15) is 5.10 Å². The van der Waals surface area contributed by atoms with Gasteiger partial charge < -0.3 is 5.11 Å². The standard InChI is InChI=1S/C16H16N4O3/c1-9(2)19-16-12(10(3)18-19)8-13(20(22)23)15(17-16)11-6-4-5-7-14(11)21/h4-9,21H,1-3H3. The fraction of sp³-hybridized carbons (Fsp3) is 0.250. The van der Waals surface area contributed by atoms with Gasteiger partial charge in [-0.05, 0) is 32.9 Å². The lowest BCUT2D eigenvalue weighted by molar-refractivity contribution is -0.384. The topological polar surface area (TPSA) is 94.1 Å². The van der Waals surface area contributed by atoms with E-state index in [1.165, 1.54) is 12.1 Å². The van der Waals surface area contributed by atoms with E-state index >= 15 is 0 Å². The van der Waals surface area contributed by atoms with E-state index in [-0.39, 0.29) is 23.2 Å². The van der Waals surface area contributed by atoms with Crippen molar-refractivity contribution in [2.24, 2.45) is 0 Å². The molecule has 0 amide bonds. The summed E-state index contributed by atoms with van der Waals surface area (Å²) in [6, 6.07) is 8.00. The summed E-state index contributed by atoms with van der Waals surface area (Å²) < 4.78 is 1.73. The smallest absolute Gasteiger partial charge is 0.296 e. The van der Waals surface area contributed by atoms with E-state index in [0.29, 0.717) is 22.3 Å². The van der Waals surface area contributed by atoms with Crippen molar-refractivity contribution in [3.05, 3.63) is 46.1 Å². The van der Waals surface area contributed by atoms with Crippen molar-refractivity contribution in [2.75, 3.05) is 0 Å². The molecule has 3 aromatic rings. The average molecular weight is 312 g/mol. The van der Waals surface area contributed by atoms with Gasteiger partial charge in [0.25, 0.3) is 5.69 Å². The Morgan fingerprint density at radius 1 is 1.30 bits per heavy atom. The van der Waals surface area contributed by atoms with E-state index in [1.807, 2.05) is 13.8 Å². The van der Waals surface area contributed by atoms with E-state index in [9.17, 15) is 15.2 Å². The van der Waals surface area contributed by atoms with Crippen LogP contribution < -0.4 is 0 Å². The van der Waals surface area contributed by atoms with Crippen LogP contribution in [0.3, 0.4) is 0 Å². The number of fused-ring (bicyclic) bond motifs is 1. The summed E-state index contributed by atoms with van der Waals surface area (Å²) in [4.78, 5) is 15.4. The zero-order valence-electron chi connectivity index (χ0n) is 13.0. The quantitative estimate of drug-likeness (QED) is 0.589. The predicted molar refractivity (Wildman–Crippen MR) is 86.4 cm³/mol. The third kappa shape index (κ3) is 2.40. The summed E-state index contributed by atoms with van der Waals surface area (Å²) >= 11 is 0. The van der Waals surface area contributed by atoms with Crippen molar-refractivity contribution in [3.63, 3.8) is 0 Å². The molecule has 7 nitrogen and oxygen atoms in total. The van der Waals surface area contributed by atoms with Crippen molar-refractivity contribution in [1.82, 2.24) is 14.8 Å². The Morgan fingerprint density at radius 2 is 2.00 bits per heavy atom. The monoisotopic (exact) mass is 312 g/mol. The molecule has 0 atom stereocenters. The number of nitrogens with zero attached hydrogens (tertiary/aromatic N) is 4. The molecule has 0 spiro atoms. The minimum atomic E-state index is -0.486. The minimum absolute atomic E-state index is 0.0465. The first-order valence-electron chi connectivity index (χ1n) is 7.22. The molecule has 0 saturated carbocycles. The zero-order chi connectivity index (χ0) is 16.7. The summed E-state index contributed by atoms with van der Waals surface area (Å²) in [5, 5.41) is 26.6. The number of rotatable bonds is 3. The highest BCUT2D eigenvalue weighted by Crippen LogP contribution is 2.36. The highest BCUT2D eigenvalue weighted by molar-refractivity contribution is 5.87. The Balaban J connectivity index is 2.40. The largest absolute Gasteiger partial charge is 0.507 e. The first kappa shape index (κ1) is 15.0. The highest BCUT2D eigenvalue weighted by atomic mass is 16.6. The predicted octanol–water partition coefficient (Wildman–Crippen LogP) is 3.60. The van der Waals surface area contributed by atoms with Gasteiger partial charge in [0.2, 0.25) is 0 Å². The number of para-hydroxylation sites is 1. The van der Waals surface area contributed by atoms with E-state index in [0.717, 1.165) is 0 Å². The summed E-state index contributed by atoms with van der Waals surface area (Å²) in [6.07, 6.45) is 0. The summed E-state index contributed by atoms with van der Waals surface area (Å²) in [5.41, 5.74) is 1.58. The van der Waals surface area contributed by atoms with Crippen molar-refractivity contribution in [3.8, 4) is 17.0 Å². The van der Waals surface area contributed by atoms with Gasteiger partial charge in [-0.3, -0.25) is 10.1 Å². The zero-order valence-corrected chi connectivity index (χ0v) is 13.0. The molecular formula is C16H16N4O3. The van der Waals surface area contributed by atoms with Crippen LogP contribution in [0.25, 0.3) is 22.3 Å². The molecule has 3 rings (SSSR count). The number of aromatic nitrogens is 3. The molecule has 2 heterocycles. The Morgan fingerprint density at radius 3 is 2.61 bits per heavy atom. The van der Waals surface area contributed by atoms with Gasteiger partial charge in [-0.1, -0.05) is 12.1 Å². The van der Waals surface area contributed by atoms with Gasteiger partial charge >= 0.3 is 0 Å². The number of phenolic OH excluding ortho intramolecular Hbond substituents is 1. The Labute approximate surface area is 132 Å². The number of pyridine rings is 1. The molecule has 23 heavy (non-hydrogen) atoms. The lowest BCUT2D eigenvalue weighted by Gasteiger charge is -2.09. The van der Waals surface area contributed by atoms with Crippen LogP contribution in [0.5, 0.6) is 5.75 Å². The molecule has 118 valence electrons. The fourth-order valence-electron chi connectivity index (χ4n) is 2.57. The van der Waals surface area contributed by atoms with Crippen LogP contribution in [-0.2, 0) is 0 Å². The molecule has 1 N–H and O–H groups in total. The SMILES string of the molecule is Cc1nn(C(C)C)c2nc(-c3ccccc3O)c([N+](=O)[O-])cc12. The minimum Gasteiger partial charge on any atom is -0.507 e. The molecule has 7 heteroatoms. The summed E-state index contributed by atoms with van der Waals surface area (Å²) in [7, 11) is 0. The number of benzene rings is 1. The number of hydrogen-bond donors (Lipinski definition) is 1. The van der Waals surface area contributed by atoms with Crippen LogP contribution in [-0.4, -0.2) is 24.8 Å². The van der Waals surface area contributed by atoms with Gasteiger partial charge in [0.15, 0.2) is 11.3 Å². The normalized spacial score (nSPS) is 11.3. The number of nitro groups is 1. The first-order chi connectivity index (χ1) is 10.9. The third-order valence-corrected chi connectivity index (χ3v) is 3.69. The lowest BCUT2D eigenvalue weighted by Crippen LogP contribution is -2.05. The molecule has 0 fully saturated rings. The first-order valence-corrected chi connectivity index (χ1v) is 7.22. The van der Waals surface area contributed by atoms with E-state index in [4.69, 9.17) is 0 Å². The average Bonchev–Trinajstić information content (AvgIpc) is 2.83. The maximum absolute atomic E-state index is 11.5. The van der Waals surface area contributed by atoms with Crippen LogP contribution in [0.15, 0.2) is 30.3 Å². The van der Waals surface area contributed by atoms with Crippen LogP contribution in [0.1, 0.15) is 25.6 Å². The Bertz CT molecular complexity index is 915. The second-order valence-corrected chi connectivity index (χ2v) is 5.63. The molecule has 0 unspecified atom stereocenters. The highest BCUT2D eigenvalue weighted by Gasteiger charge is 2.24. The van der Waals surface area contributed by atoms with E-state index < -0.39 is 4.92 Å². The molecule has 0 bridgehead atoms. The molecule has 0 aliphatic carbocycles. The summed E-state index contributed by atoms with van der Waals surface area (Å²) in [5.74, 6) is -0.0465. The van der Waals surface area contributed by atoms with Crippen molar-refractivity contribution in [1.29, 1.82) is 0 Å². The maximum Gasteiger partial charge on any atom is 0.296 e. The van der Waals surface area contributed by atoms with Crippen molar-refractivity contribution >= 4 is 16.7 Å².